The minimum absolute atomic E-state index is 0.191. The molecule has 2 aromatic rings. The molecule has 2 aromatic heterocycles. The van der Waals surface area contributed by atoms with Crippen molar-refractivity contribution in [1.82, 2.24) is 14.9 Å². The molecule has 0 bridgehead atoms. The summed E-state index contributed by atoms with van der Waals surface area (Å²) in [5.41, 5.74) is 1.26. The lowest BCUT2D eigenvalue weighted by Crippen LogP contribution is -2.38. The van der Waals surface area contributed by atoms with Gasteiger partial charge in [-0.25, -0.2) is 4.98 Å². The molecule has 1 aliphatic rings. The van der Waals surface area contributed by atoms with Gasteiger partial charge in [0.25, 0.3) is 0 Å². The number of rotatable bonds is 6. The minimum atomic E-state index is 0.191. The van der Waals surface area contributed by atoms with Gasteiger partial charge in [-0.05, 0) is 54.5 Å². The van der Waals surface area contributed by atoms with E-state index in [1.807, 2.05) is 31.2 Å². The van der Waals surface area contributed by atoms with E-state index in [2.05, 4.69) is 31.7 Å². The Morgan fingerprint density at radius 1 is 1.43 bits per heavy atom. The summed E-state index contributed by atoms with van der Waals surface area (Å²) in [6.07, 6.45) is 9.72. The van der Waals surface area contributed by atoms with Gasteiger partial charge in [0.2, 0.25) is 5.91 Å². The summed E-state index contributed by atoms with van der Waals surface area (Å²) in [5, 5.41) is 9.10. The zero-order valence-electron chi connectivity index (χ0n) is 13.4. The van der Waals surface area contributed by atoms with E-state index in [-0.39, 0.29) is 5.91 Å². The molecule has 0 spiro atoms. The fourth-order valence-corrected chi connectivity index (χ4v) is 4.79. The average Bonchev–Trinajstić information content (AvgIpc) is 3.20. The summed E-state index contributed by atoms with van der Waals surface area (Å²) in [5.74, 6) is 0.191. The highest BCUT2D eigenvalue weighted by atomic mass is 32.2. The third kappa shape index (κ3) is 4.85. The molecule has 0 unspecified atom stereocenters. The van der Waals surface area contributed by atoms with Crippen molar-refractivity contribution < 1.29 is 4.79 Å². The van der Waals surface area contributed by atoms with E-state index in [4.69, 9.17) is 0 Å². The molecule has 0 atom stereocenters. The van der Waals surface area contributed by atoms with Gasteiger partial charge in [0.05, 0.1) is 0 Å². The first-order valence-electron chi connectivity index (χ1n) is 8.15. The van der Waals surface area contributed by atoms with Crippen molar-refractivity contribution in [3.63, 3.8) is 0 Å². The summed E-state index contributed by atoms with van der Waals surface area (Å²) in [6, 6.07) is 2.45. The van der Waals surface area contributed by atoms with Gasteiger partial charge in [0, 0.05) is 37.2 Å². The predicted molar refractivity (Wildman–Crippen MR) is 95.9 cm³/mol. The number of imidazole rings is 1. The molecule has 1 aliphatic carbocycles. The highest BCUT2D eigenvalue weighted by molar-refractivity contribution is 7.99. The number of hydrogen-bond donors (Lipinski definition) is 1. The first-order valence-corrected chi connectivity index (χ1v) is 9.97. The highest BCUT2D eigenvalue weighted by Crippen LogP contribution is 2.32. The van der Waals surface area contributed by atoms with Gasteiger partial charge >= 0.3 is 0 Å². The molecule has 1 fully saturated rings. The summed E-state index contributed by atoms with van der Waals surface area (Å²) in [7, 11) is 2.04. The van der Waals surface area contributed by atoms with E-state index in [0.29, 0.717) is 17.7 Å². The quantitative estimate of drug-likeness (QED) is 0.866. The number of carbonyl (C=O) groups is 1. The number of carbonyl (C=O) groups excluding carboxylic acids is 1. The van der Waals surface area contributed by atoms with Crippen LogP contribution >= 0.6 is 23.1 Å². The maximum absolute atomic E-state index is 12.1. The SMILES string of the molecule is Cn1ccnc1SC1CCC(NC(=O)CCc2ccsc2)CC1. The van der Waals surface area contributed by atoms with E-state index >= 15 is 0 Å². The number of thiophene rings is 1. The molecule has 2 heterocycles. The molecule has 0 saturated heterocycles. The van der Waals surface area contributed by atoms with E-state index in [9.17, 15) is 4.79 Å². The third-order valence-corrected chi connectivity index (χ3v) is 6.45. The van der Waals surface area contributed by atoms with E-state index < -0.39 is 0 Å². The van der Waals surface area contributed by atoms with Crippen LogP contribution in [-0.2, 0) is 18.3 Å². The topological polar surface area (TPSA) is 46.9 Å². The minimum Gasteiger partial charge on any atom is -0.353 e. The van der Waals surface area contributed by atoms with Crippen molar-refractivity contribution in [1.29, 1.82) is 0 Å². The first-order chi connectivity index (χ1) is 11.2. The molecule has 1 amide bonds. The number of aryl methyl sites for hydroxylation is 2. The van der Waals surface area contributed by atoms with E-state index in [1.54, 1.807) is 11.3 Å². The molecule has 0 radical (unpaired) electrons. The number of thioether (sulfide) groups is 1. The van der Waals surface area contributed by atoms with Crippen LogP contribution < -0.4 is 5.32 Å². The molecule has 1 N–H and O–H groups in total. The second-order valence-corrected chi connectivity index (χ2v) is 8.16. The molecule has 0 aromatic carbocycles. The second kappa shape index (κ2) is 8.02. The smallest absolute Gasteiger partial charge is 0.220 e. The molecule has 4 nitrogen and oxygen atoms in total. The highest BCUT2D eigenvalue weighted by Gasteiger charge is 2.24. The molecule has 23 heavy (non-hydrogen) atoms. The summed E-state index contributed by atoms with van der Waals surface area (Å²) in [6.45, 7) is 0. The lowest BCUT2D eigenvalue weighted by Gasteiger charge is -2.28. The van der Waals surface area contributed by atoms with Crippen molar-refractivity contribution in [3.05, 3.63) is 34.8 Å². The molecule has 0 aliphatic heterocycles. The molecular formula is C17H23N3OS2. The lowest BCUT2D eigenvalue weighted by molar-refractivity contribution is -0.121. The number of amides is 1. The lowest BCUT2D eigenvalue weighted by atomic mass is 9.95. The van der Waals surface area contributed by atoms with Crippen LogP contribution in [0, 0.1) is 0 Å². The van der Waals surface area contributed by atoms with Crippen molar-refractivity contribution in [2.24, 2.45) is 7.05 Å². The van der Waals surface area contributed by atoms with Crippen LogP contribution in [0.2, 0.25) is 0 Å². The number of nitrogens with one attached hydrogen (secondary N) is 1. The largest absolute Gasteiger partial charge is 0.353 e. The van der Waals surface area contributed by atoms with E-state index in [0.717, 1.165) is 37.3 Å². The zero-order valence-corrected chi connectivity index (χ0v) is 15.0. The van der Waals surface area contributed by atoms with Crippen LogP contribution in [0.4, 0.5) is 0 Å². The van der Waals surface area contributed by atoms with Crippen LogP contribution in [0.5, 0.6) is 0 Å². The van der Waals surface area contributed by atoms with Crippen LogP contribution in [0.25, 0.3) is 0 Å². The Morgan fingerprint density at radius 3 is 2.91 bits per heavy atom. The van der Waals surface area contributed by atoms with Crippen LogP contribution in [-0.4, -0.2) is 26.8 Å². The molecular weight excluding hydrogens is 326 g/mol. The Labute approximate surface area is 145 Å². The Morgan fingerprint density at radius 2 is 2.26 bits per heavy atom. The fraction of sp³-hybridized carbons (Fsp3) is 0.529. The monoisotopic (exact) mass is 349 g/mol. The Bertz CT molecular complexity index is 616. The predicted octanol–water partition coefficient (Wildman–Crippen LogP) is 3.63. The maximum atomic E-state index is 12.1. The Hall–Kier alpha value is -1.27. The number of nitrogens with zero attached hydrogens (tertiary/aromatic N) is 2. The summed E-state index contributed by atoms with van der Waals surface area (Å²) >= 11 is 3.56. The second-order valence-electron chi connectivity index (χ2n) is 6.11. The molecule has 6 heteroatoms. The number of aromatic nitrogens is 2. The molecule has 3 rings (SSSR count). The molecule has 124 valence electrons. The van der Waals surface area contributed by atoms with Gasteiger partial charge in [-0.15, -0.1) is 0 Å². The van der Waals surface area contributed by atoms with Crippen LogP contribution in [0.1, 0.15) is 37.7 Å². The number of hydrogen-bond acceptors (Lipinski definition) is 4. The van der Waals surface area contributed by atoms with Crippen LogP contribution in [0.3, 0.4) is 0 Å². The van der Waals surface area contributed by atoms with Gasteiger partial charge in [-0.3, -0.25) is 4.79 Å². The molecule has 1 saturated carbocycles. The summed E-state index contributed by atoms with van der Waals surface area (Å²) in [4.78, 5) is 16.4. The normalized spacial score (nSPS) is 21.3. The van der Waals surface area contributed by atoms with Crippen molar-refractivity contribution >= 4 is 29.0 Å². The maximum Gasteiger partial charge on any atom is 0.220 e. The summed E-state index contributed by atoms with van der Waals surface area (Å²) < 4.78 is 2.07. The third-order valence-electron chi connectivity index (χ3n) is 4.31. The average molecular weight is 350 g/mol. The standard InChI is InChI=1S/C17H23N3OS2/c1-20-10-9-18-17(20)23-15-5-3-14(4-6-15)19-16(21)7-2-13-8-11-22-12-13/h8-12,14-15H,2-7H2,1H3,(H,19,21). The van der Waals surface area contributed by atoms with Gasteiger partial charge in [-0.1, -0.05) is 11.8 Å². The zero-order chi connectivity index (χ0) is 16.1. The van der Waals surface area contributed by atoms with Crippen molar-refractivity contribution in [2.45, 2.75) is 55.0 Å². The van der Waals surface area contributed by atoms with Gasteiger partial charge in [0.15, 0.2) is 5.16 Å². The van der Waals surface area contributed by atoms with Crippen molar-refractivity contribution in [3.8, 4) is 0 Å². The van der Waals surface area contributed by atoms with Crippen LogP contribution in [0.15, 0.2) is 34.4 Å². The van der Waals surface area contributed by atoms with Crippen molar-refractivity contribution in [2.75, 3.05) is 0 Å². The fourth-order valence-electron chi connectivity index (χ4n) is 2.93. The van der Waals surface area contributed by atoms with Gasteiger partial charge in [-0.2, -0.15) is 11.3 Å². The van der Waals surface area contributed by atoms with Gasteiger partial charge < -0.3 is 9.88 Å². The van der Waals surface area contributed by atoms with E-state index in [1.165, 1.54) is 5.56 Å². The Balaban J connectivity index is 1.37. The van der Waals surface area contributed by atoms with Gasteiger partial charge in [0.1, 0.15) is 0 Å². The Kier molecular flexibility index (Phi) is 5.78. The first kappa shape index (κ1) is 16.6.